The van der Waals surface area contributed by atoms with Crippen LogP contribution in [0.25, 0.3) is 11.3 Å². The summed E-state index contributed by atoms with van der Waals surface area (Å²) < 4.78 is 5.83. The van der Waals surface area contributed by atoms with Gasteiger partial charge in [-0.1, -0.05) is 23.2 Å². The van der Waals surface area contributed by atoms with E-state index in [1.165, 1.54) is 0 Å². The van der Waals surface area contributed by atoms with Crippen molar-refractivity contribution in [1.29, 1.82) is 0 Å². The van der Waals surface area contributed by atoms with Crippen molar-refractivity contribution in [3.63, 3.8) is 0 Å². The summed E-state index contributed by atoms with van der Waals surface area (Å²) >= 11 is 12.0. The smallest absolute Gasteiger partial charge is 0.158 e. The SMILES string of the molecule is C[C@H](O)C[NH2+]CC[NH2+]Cc1ccc(-c2cc(Cl)cc(Cl)c2)o1. The predicted molar refractivity (Wildman–Crippen MR) is 88.0 cm³/mol. The first kappa shape index (κ1) is 17.3. The van der Waals surface area contributed by atoms with Crippen molar-refractivity contribution in [2.24, 2.45) is 0 Å². The maximum absolute atomic E-state index is 9.16. The van der Waals surface area contributed by atoms with Gasteiger partial charge in [0.2, 0.25) is 0 Å². The molecule has 0 fully saturated rings. The highest BCUT2D eigenvalue weighted by Gasteiger charge is 2.08. The summed E-state index contributed by atoms with van der Waals surface area (Å²) in [5.41, 5.74) is 0.883. The molecule has 2 rings (SSSR count). The molecule has 0 unspecified atom stereocenters. The topological polar surface area (TPSA) is 66.6 Å². The van der Waals surface area contributed by atoms with Crippen LogP contribution in [0.5, 0.6) is 0 Å². The summed E-state index contributed by atoms with van der Waals surface area (Å²) in [5.74, 6) is 1.69. The minimum Gasteiger partial charge on any atom is -0.455 e. The molecule has 2 aromatic rings. The second kappa shape index (κ2) is 8.56. The highest BCUT2D eigenvalue weighted by Crippen LogP contribution is 2.28. The van der Waals surface area contributed by atoms with Crippen LogP contribution in [0.15, 0.2) is 34.7 Å². The second-order valence-electron chi connectivity index (χ2n) is 5.37. The maximum atomic E-state index is 9.16. The van der Waals surface area contributed by atoms with Crippen LogP contribution < -0.4 is 10.6 Å². The number of benzene rings is 1. The molecule has 0 amide bonds. The first-order valence-corrected chi connectivity index (χ1v) is 8.17. The van der Waals surface area contributed by atoms with E-state index < -0.39 is 0 Å². The average Bonchev–Trinajstić information content (AvgIpc) is 2.90. The number of furan rings is 1. The Balaban J connectivity index is 1.81. The molecule has 0 saturated carbocycles. The number of halogens is 2. The number of aliphatic hydroxyl groups is 1. The minimum absolute atomic E-state index is 0.253. The molecule has 4 nitrogen and oxygen atoms in total. The summed E-state index contributed by atoms with van der Waals surface area (Å²) in [6, 6.07) is 9.29. The molecule has 5 N–H and O–H groups in total. The lowest BCUT2D eigenvalue weighted by atomic mass is 10.2. The fourth-order valence-electron chi connectivity index (χ4n) is 2.18. The van der Waals surface area contributed by atoms with Crippen molar-refractivity contribution >= 4 is 23.2 Å². The Morgan fingerprint density at radius 3 is 2.45 bits per heavy atom. The van der Waals surface area contributed by atoms with Gasteiger partial charge in [-0.15, -0.1) is 0 Å². The molecule has 0 aliphatic carbocycles. The molecule has 0 aliphatic heterocycles. The summed E-state index contributed by atoms with van der Waals surface area (Å²) in [5, 5.41) is 14.7. The third kappa shape index (κ3) is 5.63. The molecule has 0 spiro atoms. The fourth-order valence-corrected chi connectivity index (χ4v) is 2.70. The Bertz CT molecular complexity index is 579. The number of aliphatic hydroxyl groups excluding tert-OH is 1. The second-order valence-corrected chi connectivity index (χ2v) is 6.24. The largest absolute Gasteiger partial charge is 0.455 e. The average molecular weight is 345 g/mol. The molecule has 0 radical (unpaired) electrons. The van der Waals surface area contributed by atoms with E-state index in [-0.39, 0.29) is 6.10 Å². The van der Waals surface area contributed by atoms with E-state index in [2.05, 4.69) is 10.6 Å². The summed E-state index contributed by atoms with van der Waals surface area (Å²) in [6.45, 7) is 5.28. The molecule has 1 atom stereocenters. The molecule has 1 aromatic heterocycles. The lowest BCUT2D eigenvalue weighted by Gasteiger charge is -2.03. The van der Waals surface area contributed by atoms with Gasteiger partial charge in [0, 0.05) is 15.6 Å². The van der Waals surface area contributed by atoms with Gasteiger partial charge in [-0.25, -0.2) is 0 Å². The number of rotatable bonds is 8. The van der Waals surface area contributed by atoms with Gasteiger partial charge < -0.3 is 20.2 Å². The Labute approximate surface area is 140 Å². The zero-order valence-electron chi connectivity index (χ0n) is 12.6. The molecule has 22 heavy (non-hydrogen) atoms. The van der Waals surface area contributed by atoms with Crippen molar-refractivity contribution in [1.82, 2.24) is 0 Å². The first-order chi connectivity index (χ1) is 10.5. The first-order valence-electron chi connectivity index (χ1n) is 7.41. The summed E-state index contributed by atoms with van der Waals surface area (Å²) in [4.78, 5) is 0. The van der Waals surface area contributed by atoms with E-state index in [9.17, 15) is 0 Å². The van der Waals surface area contributed by atoms with Gasteiger partial charge in [0.1, 0.15) is 31.9 Å². The van der Waals surface area contributed by atoms with Crippen molar-refractivity contribution < 1.29 is 20.2 Å². The highest BCUT2D eigenvalue weighted by atomic mass is 35.5. The summed E-state index contributed by atoms with van der Waals surface area (Å²) in [7, 11) is 0. The van der Waals surface area contributed by atoms with Gasteiger partial charge in [0.25, 0.3) is 0 Å². The van der Waals surface area contributed by atoms with Crippen LogP contribution in [0.4, 0.5) is 0 Å². The molecular formula is C16H22Cl2N2O2+2. The number of quaternary nitrogens is 2. The molecule has 6 heteroatoms. The quantitative estimate of drug-likeness (QED) is 0.631. The predicted octanol–water partition coefficient (Wildman–Crippen LogP) is 1.26. The molecule has 0 saturated heterocycles. The molecule has 0 bridgehead atoms. The van der Waals surface area contributed by atoms with Crippen LogP contribution in [-0.4, -0.2) is 30.8 Å². The van der Waals surface area contributed by atoms with Crippen LogP contribution in [0.2, 0.25) is 10.0 Å². The Morgan fingerprint density at radius 2 is 1.77 bits per heavy atom. The van der Waals surface area contributed by atoms with Gasteiger partial charge >= 0.3 is 0 Å². The van der Waals surface area contributed by atoms with Crippen molar-refractivity contribution in [3.8, 4) is 11.3 Å². The van der Waals surface area contributed by atoms with Crippen molar-refractivity contribution in [3.05, 3.63) is 46.1 Å². The maximum Gasteiger partial charge on any atom is 0.158 e. The highest BCUT2D eigenvalue weighted by molar-refractivity contribution is 6.35. The van der Waals surface area contributed by atoms with Gasteiger partial charge in [-0.05, 0) is 37.3 Å². The minimum atomic E-state index is -0.253. The molecule has 0 aliphatic rings. The van der Waals surface area contributed by atoms with Crippen molar-refractivity contribution in [2.75, 3.05) is 19.6 Å². The molecule has 120 valence electrons. The number of nitrogens with two attached hydrogens (primary N) is 2. The van der Waals surface area contributed by atoms with E-state index in [1.807, 2.05) is 24.3 Å². The van der Waals surface area contributed by atoms with Crippen LogP contribution in [0.3, 0.4) is 0 Å². The number of hydrogen-bond donors (Lipinski definition) is 3. The monoisotopic (exact) mass is 344 g/mol. The van der Waals surface area contributed by atoms with Gasteiger partial charge in [0.15, 0.2) is 5.76 Å². The Kier molecular flexibility index (Phi) is 6.73. The standard InChI is InChI=1S/C16H20Cl2N2O2/c1-11(21)9-19-4-5-20-10-15-2-3-16(22-15)12-6-13(17)8-14(18)7-12/h2-3,6-8,11,19-21H,4-5,9-10H2,1H3/p+2/t11-/m0/s1. The van der Waals surface area contributed by atoms with E-state index in [4.69, 9.17) is 32.7 Å². The zero-order chi connectivity index (χ0) is 15.9. The molecule has 1 aromatic carbocycles. The summed E-state index contributed by atoms with van der Waals surface area (Å²) in [6.07, 6.45) is -0.253. The van der Waals surface area contributed by atoms with Crippen molar-refractivity contribution in [2.45, 2.75) is 19.6 Å². The van der Waals surface area contributed by atoms with Gasteiger partial charge in [-0.3, -0.25) is 0 Å². The Morgan fingerprint density at radius 1 is 1.09 bits per heavy atom. The lowest BCUT2D eigenvalue weighted by Crippen LogP contribution is -2.95. The van der Waals surface area contributed by atoms with E-state index in [1.54, 1.807) is 13.0 Å². The normalized spacial score (nSPS) is 12.5. The fraction of sp³-hybridized carbons (Fsp3) is 0.375. The van der Waals surface area contributed by atoms with Gasteiger partial charge in [0.05, 0.1) is 6.10 Å². The zero-order valence-corrected chi connectivity index (χ0v) is 14.1. The van der Waals surface area contributed by atoms with E-state index in [0.29, 0.717) is 10.0 Å². The third-order valence-corrected chi connectivity index (χ3v) is 3.67. The third-order valence-electron chi connectivity index (χ3n) is 3.24. The van der Waals surface area contributed by atoms with Crippen LogP contribution >= 0.6 is 23.2 Å². The van der Waals surface area contributed by atoms with E-state index >= 15 is 0 Å². The van der Waals surface area contributed by atoms with Crippen LogP contribution in [0, 0.1) is 0 Å². The number of hydrogen-bond acceptors (Lipinski definition) is 2. The van der Waals surface area contributed by atoms with Gasteiger partial charge in [-0.2, -0.15) is 0 Å². The van der Waals surface area contributed by atoms with Crippen LogP contribution in [-0.2, 0) is 6.54 Å². The van der Waals surface area contributed by atoms with Crippen LogP contribution in [0.1, 0.15) is 12.7 Å². The molecular weight excluding hydrogens is 323 g/mol. The molecule has 1 heterocycles. The van der Waals surface area contributed by atoms with E-state index in [0.717, 1.165) is 43.3 Å². The Hall–Kier alpha value is -1.04. The lowest BCUT2D eigenvalue weighted by molar-refractivity contribution is -0.733.